The normalized spacial score (nSPS) is 28.5. The highest BCUT2D eigenvalue weighted by Crippen LogP contribution is 2.68. The van der Waals surface area contributed by atoms with Gasteiger partial charge in [0.05, 0.1) is 0 Å². The molecule has 0 spiro atoms. The summed E-state index contributed by atoms with van der Waals surface area (Å²) in [7, 11) is 0. The van der Waals surface area contributed by atoms with Gasteiger partial charge in [-0.25, -0.2) is 0 Å². The van der Waals surface area contributed by atoms with Crippen LogP contribution < -0.4 is 5.32 Å². The van der Waals surface area contributed by atoms with Crippen LogP contribution in [0.1, 0.15) is 33.3 Å². The van der Waals surface area contributed by atoms with Gasteiger partial charge in [-0.1, -0.05) is 58.0 Å². The summed E-state index contributed by atoms with van der Waals surface area (Å²) in [5.74, 6) is 0.848. The van der Waals surface area contributed by atoms with Gasteiger partial charge in [0.2, 0.25) is 0 Å². The van der Waals surface area contributed by atoms with E-state index in [0.29, 0.717) is 16.9 Å². The summed E-state index contributed by atoms with van der Waals surface area (Å²) in [6.07, 6.45) is 1.15. The summed E-state index contributed by atoms with van der Waals surface area (Å²) < 4.78 is 0. The van der Waals surface area contributed by atoms with Crippen LogP contribution >= 0.6 is 0 Å². The fourth-order valence-corrected chi connectivity index (χ4v) is 4.14. The third-order valence-corrected chi connectivity index (χ3v) is 6.42. The molecule has 2 heteroatoms. The Kier molecular flexibility index (Phi) is 3.87. The van der Waals surface area contributed by atoms with E-state index in [4.69, 9.17) is 0 Å². The quantitative estimate of drug-likeness (QED) is 0.914. The second-order valence-electron chi connectivity index (χ2n) is 8.10. The van der Waals surface area contributed by atoms with Crippen molar-refractivity contribution in [2.75, 3.05) is 26.2 Å². The summed E-state index contributed by atoms with van der Waals surface area (Å²) >= 11 is 0. The van der Waals surface area contributed by atoms with E-state index in [-0.39, 0.29) is 0 Å². The molecule has 0 aromatic heterocycles. The van der Waals surface area contributed by atoms with Crippen LogP contribution in [0.25, 0.3) is 0 Å². The minimum Gasteiger partial charge on any atom is -0.311 e. The predicted octanol–water partition coefficient (Wildman–Crippen LogP) is 3.19. The smallest absolute Gasteiger partial charge is 0.0235 e. The van der Waals surface area contributed by atoms with Crippen molar-refractivity contribution >= 4 is 0 Å². The Bertz CT molecular complexity index is 464. The van der Waals surface area contributed by atoms with Crippen molar-refractivity contribution in [3.8, 4) is 0 Å². The summed E-state index contributed by atoms with van der Waals surface area (Å²) in [5, 5.41) is 3.69. The van der Waals surface area contributed by atoms with Gasteiger partial charge in [0.25, 0.3) is 0 Å². The Morgan fingerprint density at radius 2 is 1.76 bits per heavy atom. The first-order chi connectivity index (χ1) is 9.91. The first-order valence-electron chi connectivity index (χ1n) is 8.41. The molecule has 2 aliphatic rings. The average Bonchev–Trinajstić information content (AvgIpc) is 2.83. The Balaban J connectivity index is 1.55. The highest BCUT2D eigenvalue weighted by Gasteiger charge is 2.64. The third-order valence-electron chi connectivity index (χ3n) is 6.42. The van der Waals surface area contributed by atoms with Crippen LogP contribution in [0.4, 0.5) is 0 Å². The van der Waals surface area contributed by atoms with Gasteiger partial charge < -0.3 is 10.2 Å². The van der Waals surface area contributed by atoms with Gasteiger partial charge in [0.15, 0.2) is 0 Å². The van der Waals surface area contributed by atoms with Crippen LogP contribution in [0.3, 0.4) is 0 Å². The van der Waals surface area contributed by atoms with Crippen molar-refractivity contribution in [3.63, 3.8) is 0 Å². The molecule has 0 radical (unpaired) electrons. The maximum Gasteiger partial charge on any atom is 0.0235 e. The van der Waals surface area contributed by atoms with Crippen LogP contribution in [0.5, 0.6) is 0 Å². The Morgan fingerprint density at radius 1 is 1.10 bits per heavy atom. The Morgan fingerprint density at radius 3 is 2.38 bits per heavy atom. The van der Waals surface area contributed by atoms with Gasteiger partial charge in [-0.3, -0.25) is 0 Å². The van der Waals surface area contributed by atoms with E-state index in [0.717, 1.165) is 18.9 Å². The summed E-state index contributed by atoms with van der Waals surface area (Å²) in [5.41, 5.74) is 2.46. The maximum absolute atomic E-state index is 3.69. The van der Waals surface area contributed by atoms with E-state index in [1.165, 1.54) is 25.2 Å². The lowest BCUT2D eigenvalue weighted by Crippen LogP contribution is -2.52. The SMILES string of the molecule is CC1(C)C(CN2CCNC(Cc3ccccc3)C2)C1(C)C. The van der Waals surface area contributed by atoms with Gasteiger partial charge in [0, 0.05) is 32.2 Å². The largest absolute Gasteiger partial charge is 0.311 e. The molecule has 1 aliphatic heterocycles. The lowest BCUT2D eigenvalue weighted by molar-refractivity contribution is 0.182. The molecule has 0 amide bonds. The van der Waals surface area contributed by atoms with Gasteiger partial charge in [-0.15, -0.1) is 0 Å². The van der Waals surface area contributed by atoms with Gasteiger partial charge >= 0.3 is 0 Å². The molecule has 1 aliphatic carbocycles. The molecule has 2 fully saturated rings. The summed E-state index contributed by atoms with van der Waals surface area (Å²) in [6, 6.07) is 11.5. The maximum atomic E-state index is 3.69. The highest BCUT2D eigenvalue weighted by molar-refractivity contribution is 5.17. The molecule has 1 aromatic rings. The van der Waals surface area contributed by atoms with Gasteiger partial charge in [-0.05, 0) is 28.7 Å². The number of nitrogens with zero attached hydrogens (tertiary/aromatic N) is 1. The number of nitrogens with one attached hydrogen (secondary N) is 1. The van der Waals surface area contributed by atoms with E-state index in [1.54, 1.807) is 0 Å². The van der Waals surface area contributed by atoms with Crippen molar-refractivity contribution in [3.05, 3.63) is 35.9 Å². The third kappa shape index (κ3) is 2.89. The molecular weight excluding hydrogens is 256 g/mol. The van der Waals surface area contributed by atoms with Crippen molar-refractivity contribution < 1.29 is 0 Å². The van der Waals surface area contributed by atoms with Crippen molar-refractivity contribution in [2.24, 2.45) is 16.7 Å². The molecule has 3 rings (SSSR count). The van der Waals surface area contributed by atoms with Crippen LogP contribution in [0.2, 0.25) is 0 Å². The van der Waals surface area contributed by atoms with Crippen LogP contribution in [-0.2, 0) is 6.42 Å². The highest BCUT2D eigenvalue weighted by atomic mass is 15.2. The molecule has 1 N–H and O–H groups in total. The van der Waals surface area contributed by atoms with Gasteiger partial charge in [-0.2, -0.15) is 0 Å². The lowest BCUT2D eigenvalue weighted by atomic mass is 10.0. The van der Waals surface area contributed by atoms with E-state index in [1.807, 2.05) is 0 Å². The van der Waals surface area contributed by atoms with E-state index < -0.39 is 0 Å². The molecule has 1 atom stereocenters. The minimum absolute atomic E-state index is 0.507. The van der Waals surface area contributed by atoms with Crippen molar-refractivity contribution in [1.29, 1.82) is 0 Å². The number of hydrogen-bond donors (Lipinski definition) is 1. The first kappa shape index (κ1) is 15.1. The molecule has 1 unspecified atom stereocenters. The number of hydrogen-bond acceptors (Lipinski definition) is 2. The molecule has 1 saturated heterocycles. The van der Waals surface area contributed by atoms with E-state index in [2.05, 4.69) is 68.2 Å². The molecule has 0 bridgehead atoms. The van der Waals surface area contributed by atoms with E-state index >= 15 is 0 Å². The summed E-state index contributed by atoms with van der Waals surface area (Å²) in [6.45, 7) is 14.5. The fourth-order valence-electron chi connectivity index (χ4n) is 4.14. The van der Waals surface area contributed by atoms with Crippen LogP contribution in [0.15, 0.2) is 30.3 Å². The van der Waals surface area contributed by atoms with Crippen LogP contribution in [0, 0.1) is 16.7 Å². The molecule has 1 heterocycles. The van der Waals surface area contributed by atoms with Crippen molar-refractivity contribution in [1.82, 2.24) is 10.2 Å². The topological polar surface area (TPSA) is 15.3 Å². The fraction of sp³-hybridized carbons (Fsp3) is 0.684. The first-order valence-corrected chi connectivity index (χ1v) is 8.41. The molecule has 21 heavy (non-hydrogen) atoms. The standard InChI is InChI=1S/C19H30N2/c1-18(2)17(19(18,3)4)14-21-11-10-20-16(13-21)12-15-8-6-5-7-9-15/h5-9,16-17,20H,10-14H2,1-4H3. The second-order valence-corrected chi connectivity index (χ2v) is 8.10. The number of piperazine rings is 1. The average molecular weight is 286 g/mol. The number of rotatable bonds is 4. The molecular formula is C19H30N2. The zero-order valence-corrected chi connectivity index (χ0v) is 14.0. The molecule has 2 nitrogen and oxygen atoms in total. The Labute approximate surface area is 129 Å². The molecule has 1 aromatic carbocycles. The van der Waals surface area contributed by atoms with E-state index in [9.17, 15) is 0 Å². The zero-order chi connectivity index (χ0) is 15.1. The zero-order valence-electron chi connectivity index (χ0n) is 14.0. The van der Waals surface area contributed by atoms with Crippen LogP contribution in [-0.4, -0.2) is 37.1 Å². The van der Waals surface area contributed by atoms with Gasteiger partial charge in [0.1, 0.15) is 0 Å². The second kappa shape index (κ2) is 5.40. The monoisotopic (exact) mass is 286 g/mol. The van der Waals surface area contributed by atoms with Crippen molar-refractivity contribution in [2.45, 2.75) is 40.2 Å². The number of benzene rings is 1. The lowest BCUT2D eigenvalue weighted by Gasteiger charge is -2.34. The molecule has 116 valence electrons. The summed E-state index contributed by atoms with van der Waals surface area (Å²) in [4.78, 5) is 2.69. The molecule has 1 saturated carbocycles. The predicted molar refractivity (Wildman–Crippen MR) is 89.4 cm³/mol. The minimum atomic E-state index is 0.507. The Hall–Kier alpha value is -0.860.